The van der Waals surface area contributed by atoms with Crippen molar-refractivity contribution in [1.82, 2.24) is 0 Å². The Kier molecular flexibility index (Phi) is 3.66. The number of benzene rings is 1. The zero-order valence-electron chi connectivity index (χ0n) is 12.4. The summed E-state index contributed by atoms with van der Waals surface area (Å²) in [5, 5.41) is 17.9. The summed E-state index contributed by atoms with van der Waals surface area (Å²) in [5.41, 5.74) is 0.163. The molecule has 1 aromatic carbocycles. The van der Waals surface area contributed by atoms with Crippen molar-refractivity contribution < 1.29 is 33.8 Å². The van der Waals surface area contributed by atoms with Crippen LogP contribution < -0.4 is 14.2 Å². The van der Waals surface area contributed by atoms with Gasteiger partial charge in [0.25, 0.3) is 0 Å². The quantitative estimate of drug-likeness (QED) is 0.616. The van der Waals surface area contributed by atoms with Gasteiger partial charge in [0, 0.05) is 13.8 Å². The van der Waals surface area contributed by atoms with Gasteiger partial charge in [-0.2, -0.15) is 0 Å². The van der Waals surface area contributed by atoms with Crippen LogP contribution in [0.2, 0.25) is 0 Å². The normalized spacial score (nSPS) is 18.8. The number of fused-ring (bicyclic) bond motifs is 1. The Morgan fingerprint density at radius 3 is 2.59 bits per heavy atom. The third-order valence-electron chi connectivity index (χ3n) is 3.18. The van der Waals surface area contributed by atoms with Crippen LogP contribution in [-0.4, -0.2) is 41.5 Å². The molecule has 1 heterocycles. The summed E-state index contributed by atoms with van der Waals surface area (Å²) in [6.07, 6.45) is 2.01. The molecule has 22 heavy (non-hydrogen) atoms. The molecule has 0 amide bonds. The number of esters is 1. The molecule has 2 N–H and O–H groups in total. The Morgan fingerprint density at radius 1 is 1.27 bits per heavy atom. The predicted octanol–water partition coefficient (Wildman–Crippen LogP) is 0.904. The maximum Gasteiger partial charge on any atom is 0.491 e. The number of hydrogen-bond donors (Lipinski definition) is 2. The van der Waals surface area contributed by atoms with E-state index in [1.807, 2.05) is 0 Å². The molecule has 0 atom stereocenters. The van der Waals surface area contributed by atoms with E-state index < -0.39 is 18.9 Å². The highest BCUT2D eigenvalue weighted by atomic mass is 16.7. The van der Waals surface area contributed by atoms with Crippen LogP contribution in [0.25, 0.3) is 0 Å². The maximum absolute atomic E-state index is 12.3. The molecule has 1 aromatic rings. The number of ether oxygens (including phenoxy) is 4. The van der Waals surface area contributed by atoms with Crippen molar-refractivity contribution in [2.75, 3.05) is 6.51 Å². The molecule has 118 valence electrons. The van der Waals surface area contributed by atoms with Gasteiger partial charge >= 0.3 is 13.1 Å². The average Bonchev–Trinajstić information content (AvgIpc) is 3.19. The zero-order chi connectivity index (χ0) is 15.9. The highest BCUT2D eigenvalue weighted by molar-refractivity contribution is 6.40. The lowest BCUT2D eigenvalue weighted by atomic mass is 9.95. The van der Waals surface area contributed by atoms with Crippen molar-refractivity contribution in [3.8, 4) is 17.2 Å². The van der Waals surface area contributed by atoms with Crippen molar-refractivity contribution in [2.45, 2.75) is 38.6 Å². The molecular formula is C14H17BO7. The van der Waals surface area contributed by atoms with Crippen molar-refractivity contribution in [1.29, 1.82) is 0 Å². The molecule has 3 rings (SSSR count). The first kappa shape index (κ1) is 15.0. The predicted molar refractivity (Wildman–Crippen MR) is 75.9 cm³/mol. The second-order valence-corrected chi connectivity index (χ2v) is 5.77. The van der Waals surface area contributed by atoms with Gasteiger partial charge in [-0.15, -0.1) is 0 Å². The van der Waals surface area contributed by atoms with E-state index in [-0.39, 0.29) is 29.7 Å². The number of cyclic esters (lactones) is 1. The topological polar surface area (TPSA) is 94.5 Å². The minimum Gasteiger partial charge on any atom is -0.492 e. The van der Waals surface area contributed by atoms with Gasteiger partial charge in [-0.25, -0.2) is 4.79 Å². The molecule has 0 aromatic heterocycles. The molecule has 2 aliphatic rings. The van der Waals surface area contributed by atoms with Gasteiger partial charge in [0.2, 0.25) is 5.79 Å². The highest BCUT2D eigenvalue weighted by Crippen LogP contribution is 2.44. The lowest BCUT2D eigenvalue weighted by Gasteiger charge is -2.33. The van der Waals surface area contributed by atoms with Crippen LogP contribution in [-0.2, 0) is 4.74 Å². The van der Waals surface area contributed by atoms with Crippen LogP contribution in [0.5, 0.6) is 17.2 Å². The number of carbonyl (C=O) groups excluding carboxylic acids is 1. The lowest BCUT2D eigenvalue weighted by Crippen LogP contribution is -2.39. The fraction of sp³-hybridized carbons (Fsp3) is 0.500. The third-order valence-corrected chi connectivity index (χ3v) is 3.18. The van der Waals surface area contributed by atoms with Gasteiger partial charge in [0.1, 0.15) is 17.8 Å². The molecule has 1 aliphatic carbocycles. The summed E-state index contributed by atoms with van der Waals surface area (Å²) < 4.78 is 21.9. The Bertz CT molecular complexity index is 595. The first-order chi connectivity index (χ1) is 10.4. The summed E-state index contributed by atoms with van der Waals surface area (Å²) in [6.45, 7) is 2.87. The monoisotopic (exact) mass is 308 g/mol. The Morgan fingerprint density at radius 2 is 1.95 bits per heavy atom. The van der Waals surface area contributed by atoms with Gasteiger partial charge in [-0.3, -0.25) is 0 Å². The van der Waals surface area contributed by atoms with E-state index in [1.54, 1.807) is 26.0 Å². The van der Waals surface area contributed by atoms with Gasteiger partial charge in [0.05, 0.1) is 6.10 Å². The van der Waals surface area contributed by atoms with Crippen LogP contribution in [0.4, 0.5) is 0 Å². The van der Waals surface area contributed by atoms with Crippen molar-refractivity contribution >= 4 is 13.1 Å². The van der Waals surface area contributed by atoms with Gasteiger partial charge in [-0.05, 0) is 25.0 Å². The molecule has 0 saturated heterocycles. The summed E-state index contributed by atoms with van der Waals surface area (Å²) in [6, 6.07) is 3.17. The molecule has 1 fully saturated rings. The van der Waals surface area contributed by atoms with E-state index in [0.717, 1.165) is 12.8 Å². The van der Waals surface area contributed by atoms with E-state index in [4.69, 9.17) is 29.0 Å². The standard InChI is InChI=1S/C14H17BO7/c1-14(2)21-12-10(19-7-15(17)18)6-5-9(20-8-3-4-8)11(12)13(16)22-14/h5-6,8,17-18H,3-4,7H2,1-2H3. The smallest absolute Gasteiger partial charge is 0.491 e. The minimum atomic E-state index is -1.62. The summed E-state index contributed by atoms with van der Waals surface area (Å²) >= 11 is 0. The SMILES string of the molecule is CC1(C)OC(=O)c2c(OC3CC3)ccc(OCB(O)O)c2O1. The van der Waals surface area contributed by atoms with Crippen LogP contribution in [0.15, 0.2) is 12.1 Å². The average molecular weight is 308 g/mol. The molecule has 1 saturated carbocycles. The van der Waals surface area contributed by atoms with E-state index in [9.17, 15) is 4.79 Å². The number of carbonyl (C=O) groups is 1. The zero-order valence-corrected chi connectivity index (χ0v) is 12.4. The number of hydrogen-bond acceptors (Lipinski definition) is 7. The highest BCUT2D eigenvalue weighted by Gasteiger charge is 2.39. The van der Waals surface area contributed by atoms with Gasteiger partial charge in [0.15, 0.2) is 11.5 Å². The molecule has 0 unspecified atom stereocenters. The largest absolute Gasteiger partial charge is 0.492 e. The van der Waals surface area contributed by atoms with Crippen molar-refractivity contribution in [3.05, 3.63) is 17.7 Å². The Hall–Kier alpha value is -1.93. The maximum atomic E-state index is 12.3. The summed E-state index contributed by atoms with van der Waals surface area (Å²) in [5.74, 6) is -0.888. The summed E-state index contributed by atoms with van der Waals surface area (Å²) in [4.78, 5) is 12.3. The molecule has 8 heteroatoms. The molecule has 7 nitrogen and oxygen atoms in total. The lowest BCUT2D eigenvalue weighted by molar-refractivity contribution is -0.128. The molecular weight excluding hydrogens is 291 g/mol. The molecule has 0 bridgehead atoms. The Labute approximate surface area is 127 Å². The van der Waals surface area contributed by atoms with Crippen LogP contribution in [0.1, 0.15) is 37.0 Å². The first-order valence-electron chi connectivity index (χ1n) is 7.11. The van der Waals surface area contributed by atoms with Gasteiger partial charge < -0.3 is 29.0 Å². The van der Waals surface area contributed by atoms with E-state index in [2.05, 4.69) is 0 Å². The first-order valence-corrected chi connectivity index (χ1v) is 7.11. The van der Waals surface area contributed by atoms with E-state index in [1.165, 1.54) is 0 Å². The molecule has 1 aliphatic heterocycles. The van der Waals surface area contributed by atoms with Crippen LogP contribution in [0.3, 0.4) is 0 Å². The van der Waals surface area contributed by atoms with Gasteiger partial charge in [-0.1, -0.05) is 0 Å². The minimum absolute atomic E-state index is 0.109. The van der Waals surface area contributed by atoms with Crippen LogP contribution in [0, 0.1) is 0 Å². The van der Waals surface area contributed by atoms with E-state index in [0.29, 0.717) is 5.75 Å². The molecule has 0 spiro atoms. The second-order valence-electron chi connectivity index (χ2n) is 5.77. The Balaban J connectivity index is 1.98. The third kappa shape index (κ3) is 3.12. The van der Waals surface area contributed by atoms with E-state index >= 15 is 0 Å². The second kappa shape index (κ2) is 5.37. The van der Waals surface area contributed by atoms with Crippen molar-refractivity contribution in [2.24, 2.45) is 0 Å². The number of rotatable bonds is 5. The summed E-state index contributed by atoms with van der Waals surface area (Å²) in [7, 11) is -1.62. The van der Waals surface area contributed by atoms with Crippen molar-refractivity contribution in [3.63, 3.8) is 0 Å². The fourth-order valence-electron chi connectivity index (χ4n) is 2.12. The molecule has 0 radical (unpaired) electrons. The fourth-order valence-corrected chi connectivity index (χ4v) is 2.12. The van der Waals surface area contributed by atoms with Crippen LogP contribution >= 0.6 is 0 Å².